The van der Waals surface area contributed by atoms with E-state index in [1.807, 2.05) is 6.92 Å². The van der Waals surface area contributed by atoms with Crippen LogP contribution in [0.3, 0.4) is 0 Å². The molecule has 21 heavy (non-hydrogen) atoms. The normalized spacial score (nSPS) is 10.5. The standard InChI is InChI=1S/C15H11F4NO/c1-2-8-3-4-12(9(5-8)7-21)20-15-13(18)10(16)6-11(17)14(15)19/h3-7,20H,2H2,1H3. The Kier molecular flexibility index (Phi) is 4.26. The highest BCUT2D eigenvalue weighted by Crippen LogP contribution is 2.29. The zero-order chi connectivity index (χ0) is 15.6. The number of carbonyl (C=O) groups excluding carboxylic acids is 1. The Hall–Kier alpha value is -2.37. The third-order valence-corrected chi connectivity index (χ3v) is 3.02. The lowest BCUT2D eigenvalue weighted by Crippen LogP contribution is -2.05. The Bertz CT molecular complexity index is 674. The van der Waals surface area contributed by atoms with Crippen molar-refractivity contribution in [1.29, 1.82) is 0 Å². The van der Waals surface area contributed by atoms with E-state index in [1.165, 1.54) is 12.1 Å². The van der Waals surface area contributed by atoms with E-state index in [0.717, 1.165) is 5.56 Å². The molecule has 0 spiro atoms. The zero-order valence-corrected chi connectivity index (χ0v) is 11.0. The molecule has 0 heterocycles. The van der Waals surface area contributed by atoms with E-state index in [4.69, 9.17) is 0 Å². The van der Waals surface area contributed by atoms with E-state index < -0.39 is 29.0 Å². The Morgan fingerprint density at radius 3 is 2.19 bits per heavy atom. The molecule has 0 saturated carbocycles. The molecule has 0 bridgehead atoms. The number of carbonyl (C=O) groups is 1. The fourth-order valence-electron chi connectivity index (χ4n) is 1.86. The fourth-order valence-corrected chi connectivity index (χ4v) is 1.86. The molecular weight excluding hydrogens is 286 g/mol. The van der Waals surface area contributed by atoms with Gasteiger partial charge in [-0.15, -0.1) is 0 Å². The molecule has 0 aliphatic heterocycles. The minimum Gasteiger partial charge on any atom is -0.350 e. The molecule has 0 aliphatic rings. The molecule has 110 valence electrons. The lowest BCUT2D eigenvalue weighted by atomic mass is 10.1. The number of halogens is 4. The second kappa shape index (κ2) is 5.95. The van der Waals surface area contributed by atoms with Crippen LogP contribution in [0.1, 0.15) is 22.8 Å². The number of nitrogens with one attached hydrogen (secondary N) is 1. The van der Waals surface area contributed by atoms with Gasteiger partial charge in [-0.05, 0) is 24.1 Å². The van der Waals surface area contributed by atoms with Crippen molar-refractivity contribution in [3.8, 4) is 0 Å². The Morgan fingerprint density at radius 1 is 1.05 bits per heavy atom. The maximum Gasteiger partial charge on any atom is 0.185 e. The lowest BCUT2D eigenvalue weighted by Gasteiger charge is -2.12. The lowest BCUT2D eigenvalue weighted by molar-refractivity contribution is 0.112. The summed E-state index contributed by atoms with van der Waals surface area (Å²) >= 11 is 0. The predicted octanol–water partition coefficient (Wildman–Crippen LogP) is 4.36. The van der Waals surface area contributed by atoms with Crippen LogP contribution in [0.5, 0.6) is 0 Å². The van der Waals surface area contributed by atoms with Crippen LogP contribution in [-0.2, 0) is 6.42 Å². The largest absolute Gasteiger partial charge is 0.350 e. The van der Waals surface area contributed by atoms with Gasteiger partial charge in [0.1, 0.15) is 5.69 Å². The van der Waals surface area contributed by atoms with Crippen LogP contribution in [0, 0.1) is 23.3 Å². The van der Waals surface area contributed by atoms with Crippen LogP contribution < -0.4 is 5.32 Å². The molecular formula is C15H11F4NO. The van der Waals surface area contributed by atoms with Crippen LogP contribution in [-0.4, -0.2) is 6.29 Å². The average molecular weight is 297 g/mol. The molecule has 0 atom stereocenters. The van der Waals surface area contributed by atoms with Crippen LogP contribution in [0.25, 0.3) is 0 Å². The number of hydrogen-bond acceptors (Lipinski definition) is 2. The number of aldehydes is 1. The molecule has 2 rings (SSSR count). The van der Waals surface area contributed by atoms with Gasteiger partial charge in [0.15, 0.2) is 29.6 Å². The summed E-state index contributed by atoms with van der Waals surface area (Å²) in [4.78, 5) is 11.0. The molecule has 2 nitrogen and oxygen atoms in total. The van der Waals surface area contributed by atoms with Gasteiger partial charge in [-0.25, -0.2) is 17.6 Å². The van der Waals surface area contributed by atoms with Crippen LogP contribution in [0.4, 0.5) is 28.9 Å². The third-order valence-electron chi connectivity index (χ3n) is 3.02. The number of aryl methyl sites for hydroxylation is 1. The molecule has 0 aliphatic carbocycles. The fraction of sp³-hybridized carbons (Fsp3) is 0.133. The summed E-state index contributed by atoms with van der Waals surface area (Å²) in [5, 5.41) is 2.23. The Labute approximate surface area is 118 Å². The molecule has 0 amide bonds. The number of anilines is 2. The first-order chi connectivity index (χ1) is 9.97. The summed E-state index contributed by atoms with van der Waals surface area (Å²) in [6.45, 7) is 1.87. The van der Waals surface area contributed by atoms with E-state index >= 15 is 0 Å². The van der Waals surface area contributed by atoms with Gasteiger partial charge in [0.2, 0.25) is 0 Å². The predicted molar refractivity (Wildman–Crippen MR) is 70.8 cm³/mol. The van der Waals surface area contributed by atoms with Crippen molar-refractivity contribution in [3.05, 3.63) is 58.7 Å². The monoisotopic (exact) mass is 297 g/mol. The van der Waals surface area contributed by atoms with Gasteiger partial charge in [-0.1, -0.05) is 13.0 Å². The van der Waals surface area contributed by atoms with Crippen molar-refractivity contribution in [1.82, 2.24) is 0 Å². The van der Waals surface area contributed by atoms with Crippen molar-refractivity contribution in [2.75, 3.05) is 5.32 Å². The Morgan fingerprint density at radius 2 is 1.67 bits per heavy atom. The van der Waals surface area contributed by atoms with Crippen LogP contribution in [0.15, 0.2) is 24.3 Å². The molecule has 6 heteroatoms. The van der Waals surface area contributed by atoms with E-state index in [-0.39, 0.29) is 17.3 Å². The number of benzene rings is 2. The second-order valence-electron chi connectivity index (χ2n) is 4.36. The van der Waals surface area contributed by atoms with Gasteiger partial charge >= 0.3 is 0 Å². The number of rotatable bonds is 4. The summed E-state index contributed by atoms with van der Waals surface area (Å²) in [7, 11) is 0. The zero-order valence-electron chi connectivity index (χ0n) is 11.0. The molecule has 2 aromatic carbocycles. The van der Waals surface area contributed by atoms with Crippen molar-refractivity contribution in [2.45, 2.75) is 13.3 Å². The van der Waals surface area contributed by atoms with Gasteiger partial charge in [0, 0.05) is 17.3 Å². The molecule has 0 saturated heterocycles. The molecule has 0 unspecified atom stereocenters. The molecule has 1 N–H and O–H groups in total. The molecule has 0 radical (unpaired) electrons. The summed E-state index contributed by atoms with van der Waals surface area (Å²) in [6, 6.07) is 4.71. The van der Waals surface area contributed by atoms with Gasteiger partial charge in [0.25, 0.3) is 0 Å². The van der Waals surface area contributed by atoms with Gasteiger partial charge in [-0.3, -0.25) is 4.79 Å². The summed E-state index contributed by atoms with van der Waals surface area (Å²) < 4.78 is 53.4. The average Bonchev–Trinajstić information content (AvgIpc) is 2.49. The van der Waals surface area contributed by atoms with Gasteiger partial charge in [-0.2, -0.15) is 0 Å². The quantitative estimate of drug-likeness (QED) is 0.516. The first kappa shape index (κ1) is 15.0. The summed E-state index contributed by atoms with van der Waals surface area (Å²) in [5.74, 6) is -6.14. The van der Waals surface area contributed by atoms with Crippen molar-refractivity contribution >= 4 is 17.7 Å². The SMILES string of the molecule is CCc1ccc(Nc2c(F)c(F)cc(F)c2F)c(C=O)c1. The topological polar surface area (TPSA) is 29.1 Å². The molecule has 0 fully saturated rings. The van der Waals surface area contributed by atoms with Crippen LogP contribution >= 0.6 is 0 Å². The van der Waals surface area contributed by atoms with E-state index in [9.17, 15) is 22.4 Å². The van der Waals surface area contributed by atoms with Gasteiger partial charge < -0.3 is 5.32 Å². The highest BCUT2D eigenvalue weighted by Gasteiger charge is 2.20. The second-order valence-corrected chi connectivity index (χ2v) is 4.36. The summed E-state index contributed by atoms with van der Waals surface area (Å²) in [5.41, 5.74) is 0.0664. The highest BCUT2D eigenvalue weighted by molar-refractivity contribution is 5.86. The van der Waals surface area contributed by atoms with Crippen molar-refractivity contribution < 1.29 is 22.4 Å². The summed E-state index contributed by atoms with van der Waals surface area (Å²) in [6.07, 6.45) is 1.16. The van der Waals surface area contributed by atoms with Crippen molar-refractivity contribution in [3.63, 3.8) is 0 Å². The molecule has 2 aromatic rings. The number of hydrogen-bond donors (Lipinski definition) is 1. The maximum absolute atomic E-state index is 13.6. The van der Waals surface area contributed by atoms with Crippen LogP contribution in [0.2, 0.25) is 0 Å². The Balaban J connectivity index is 2.50. The smallest absolute Gasteiger partial charge is 0.185 e. The van der Waals surface area contributed by atoms with E-state index in [1.54, 1.807) is 6.07 Å². The third kappa shape index (κ3) is 2.89. The van der Waals surface area contributed by atoms with Gasteiger partial charge in [0.05, 0.1) is 0 Å². The van der Waals surface area contributed by atoms with Crippen molar-refractivity contribution in [2.24, 2.45) is 0 Å². The highest BCUT2D eigenvalue weighted by atomic mass is 19.2. The maximum atomic E-state index is 13.6. The first-order valence-electron chi connectivity index (χ1n) is 6.16. The minimum absolute atomic E-state index is 0.0602. The van der Waals surface area contributed by atoms with E-state index in [0.29, 0.717) is 12.7 Å². The van der Waals surface area contributed by atoms with E-state index in [2.05, 4.69) is 5.32 Å². The minimum atomic E-state index is -1.55. The molecule has 0 aromatic heterocycles. The first-order valence-corrected chi connectivity index (χ1v) is 6.16.